The Balaban J connectivity index is 0.00000225. The summed E-state index contributed by atoms with van der Waals surface area (Å²) in [4.78, 5) is 12.7. The molecule has 8 heteroatoms. The minimum Gasteiger partial charge on any atom is -0.347 e. The molecule has 0 aliphatic carbocycles. The maximum Gasteiger partial charge on any atom is 0.274 e. The van der Waals surface area contributed by atoms with Crippen molar-refractivity contribution >= 4 is 29.9 Å². The number of amides is 1. The van der Waals surface area contributed by atoms with E-state index in [1.54, 1.807) is 10.7 Å². The van der Waals surface area contributed by atoms with Crippen LogP contribution < -0.4 is 10.6 Å². The lowest BCUT2D eigenvalue weighted by Crippen LogP contribution is -2.48. The molecule has 0 saturated carbocycles. The smallest absolute Gasteiger partial charge is 0.274 e. The third-order valence-electron chi connectivity index (χ3n) is 4.47. The van der Waals surface area contributed by atoms with E-state index < -0.39 is 0 Å². The second-order valence-electron chi connectivity index (χ2n) is 6.18. The number of rotatable bonds is 4. The van der Waals surface area contributed by atoms with Gasteiger partial charge in [-0.2, -0.15) is 0 Å². The minimum absolute atomic E-state index is 0. The van der Waals surface area contributed by atoms with Crippen LogP contribution in [-0.2, 0) is 6.42 Å². The molecule has 2 N–H and O–H groups in total. The van der Waals surface area contributed by atoms with Crippen molar-refractivity contribution in [1.29, 1.82) is 0 Å². The fourth-order valence-corrected chi connectivity index (χ4v) is 3.26. The van der Waals surface area contributed by atoms with E-state index in [1.165, 1.54) is 0 Å². The lowest BCUT2D eigenvalue weighted by Gasteiger charge is -2.30. The molecule has 6 nitrogen and oxygen atoms in total. The summed E-state index contributed by atoms with van der Waals surface area (Å²) in [6, 6.07) is 7.54. The Labute approximate surface area is 158 Å². The van der Waals surface area contributed by atoms with Gasteiger partial charge in [-0.1, -0.05) is 36.7 Å². The van der Waals surface area contributed by atoms with Crippen LogP contribution in [0.1, 0.15) is 36.5 Å². The van der Waals surface area contributed by atoms with Crippen LogP contribution in [0, 0.1) is 5.92 Å². The van der Waals surface area contributed by atoms with Gasteiger partial charge >= 0.3 is 0 Å². The Kier molecular flexibility index (Phi) is 6.81. The Bertz CT molecular complexity index is 734. The highest BCUT2D eigenvalue weighted by Crippen LogP contribution is 2.18. The summed E-state index contributed by atoms with van der Waals surface area (Å²) >= 11 is 6.06. The van der Waals surface area contributed by atoms with Crippen molar-refractivity contribution < 1.29 is 4.79 Å². The van der Waals surface area contributed by atoms with Crippen molar-refractivity contribution in [3.05, 3.63) is 40.7 Å². The van der Waals surface area contributed by atoms with Crippen LogP contribution in [0.2, 0.25) is 5.02 Å². The van der Waals surface area contributed by atoms with Crippen LogP contribution >= 0.6 is 24.0 Å². The number of hydrogen-bond acceptors (Lipinski definition) is 4. The number of carbonyl (C=O) groups excluding carboxylic acids is 1. The molecular formula is C17H23Cl2N5O. The second kappa shape index (κ2) is 8.65. The van der Waals surface area contributed by atoms with Gasteiger partial charge in [0.15, 0.2) is 5.69 Å². The van der Waals surface area contributed by atoms with Crippen molar-refractivity contribution in [3.8, 4) is 5.69 Å². The predicted octanol–water partition coefficient (Wildman–Crippen LogP) is 2.63. The van der Waals surface area contributed by atoms with Crippen molar-refractivity contribution in [1.82, 2.24) is 25.6 Å². The predicted molar refractivity (Wildman–Crippen MR) is 101 cm³/mol. The van der Waals surface area contributed by atoms with Crippen LogP contribution in [0.25, 0.3) is 5.69 Å². The number of piperidine rings is 1. The second-order valence-corrected chi connectivity index (χ2v) is 6.62. The van der Waals surface area contributed by atoms with E-state index >= 15 is 0 Å². The van der Waals surface area contributed by atoms with Crippen LogP contribution in [0.3, 0.4) is 0 Å². The largest absolute Gasteiger partial charge is 0.347 e. The van der Waals surface area contributed by atoms with Gasteiger partial charge in [-0.15, -0.1) is 17.5 Å². The number of hydrogen-bond donors (Lipinski definition) is 2. The monoisotopic (exact) mass is 383 g/mol. The number of halogens is 2. The zero-order valence-corrected chi connectivity index (χ0v) is 15.9. The molecule has 3 rings (SSSR count). The molecule has 1 aromatic carbocycles. The topological polar surface area (TPSA) is 71.8 Å². The standard InChI is InChI=1S/C17H22ClN5O.ClH/c1-3-15-16(17(24)20-14-7-8-19-10-11(14)2)21-22-23(15)13-6-4-5-12(18)9-13;/h4-6,9,11,14,19H,3,7-8,10H2,1-2H3,(H,20,24);1H. The molecule has 1 saturated heterocycles. The van der Waals surface area contributed by atoms with Gasteiger partial charge in [-0.3, -0.25) is 4.79 Å². The van der Waals surface area contributed by atoms with E-state index in [0.29, 0.717) is 23.1 Å². The van der Waals surface area contributed by atoms with E-state index in [1.807, 2.05) is 25.1 Å². The summed E-state index contributed by atoms with van der Waals surface area (Å²) in [5, 5.41) is 15.4. The van der Waals surface area contributed by atoms with E-state index in [-0.39, 0.29) is 24.4 Å². The van der Waals surface area contributed by atoms with Gasteiger partial charge in [0, 0.05) is 11.1 Å². The highest BCUT2D eigenvalue weighted by Gasteiger charge is 2.26. The molecule has 25 heavy (non-hydrogen) atoms. The third-order valence-corrected chi connectivity index (χ3v) is 4.70. The molecule has 2 aromatic rings. The molecule has 1 aliphatic rings. The first-order valence-electron chi connectivity index (χ1n) is 8.32. The van der Waals surface area contributed by atoms with Gasteiger partial charge in [-0.25, -0.2) is 4.68 Å². The maximum absolute atomic E-state index is 12.7. The van der Waals surface area contributed by atoms with Gasteiger partial charge in [0.05, 0.1) is 11.4 Å². The molecule has 1 aromatic heterocycles. The molecule has 1 fully saturated rings. The number of carbonyl (C=O) groups is 1. The normalized spacial score (nSPS) is 20.0. The lowest BCUT2D eigenvalue weighted by molar-refractivity contribution is 0.0908. The Morgan fingerprint density at radius 3 is 2.96 bits per heavy atom. The number of aromatic nitrogens is 3. The van der Waals surface area contributed by atoms with E-state index in [2.05, 4.69) is 27.9 Å². The molecule has 0 spiro atoms. The highest BCUT2D eigenvalue weighted by molar-refractivity contribution is 6.30. The van der Waals surface area contributed by atoms with Crippen LogP contribution in [0.5, 0.6) is 0 Å². The fourth-order valence-electron chi connectivity index (χ4n) is 3.08. The Morgan fingerprint density at radius 2 is 2.28 bits per heavy atom. The van der Waals surface area contributed by atoms with Gasteiger partial charge in [0.2, 0.25) is 0 Å². The van der Waals surface area contributed by atoms with Crippen LogP contribution in [0.15, 0.2) is 24.3 Å². The van der Waals surface area contributed by atoms with Crippen molar-refractivity contribution in [3.63, 3.8) is 0 Å². The Morgan fingerprint density at radius 1 is 1.48 bits per heavy atom. The van der Waals surface area contributed by atoms with Gasteiger partial charge in [0.25, 0.3) is 5.91 Å². The summed E-state index contributed by atoms with van der Waals surface area (Å²) in [6.45, 7) is 5.97. The van der Waals surface area contributed by atoms with Crippen LogP contribution in [-0.4, -0.2) is 40.0 Å². The summed E-state index contributed by atoms with van der Waals surface area (Å²) in [7, 11) is 0. The van der Waals surface area contributed by atoms with E-state index in [4.69, 9.17) is 11.6 Å². The molecule has 136 valence electrons. The van der Waals surface area contributed by atoms with Crippen molar-refractivity contribution in [2.24, 2.45) is 5.92 Å². The molecule has 2 heterocycles. The van der Waals surface area contributed by atoms with Gasteiger partial charge < -0.3 is 10.6 Å². The zero-order chi connectivity index (χ0) is 17.1. The summed E-state index contributed by atoms with van der Waals surface area (Å²) < 4.78 is 1.69. The average Bonchev–Trinajstić information content (AvgIpc) is 3.01. The SMILES string of the molecule is CCc1c(C(=O)NC2CCNCC2C)nnn1-c1cccc(Cl)c1.Cl. The quantitative estimate of drug-likeness (QED) is 0.850. The molecule has 2 atom stereocenters. The van der Waals surface area contributed by atoms with E-state index in [0.717, 1.165) is 30.9 Å². The molecular weight excluding hydrogens is 361 g/mol. The molecule has 0 radical (unpaired) electrons. The molecule has 1 amide bonds. The number of nitrogens with zero attached hydrogens (tertiary/aromatic N) is 3. The first-order chi connectivity index (χ1) is 11.6. The number of nitrogens with one attached hydrogen (secondary N) is 2. The average molecular weight is 384 g/mol. The third kappa shape index (κ3) is 4.32. The van der Waals surface area contributed by atoms with Gasteiger partial charge in [0.1, 0.15) is 0 Å². The van der Waals surface area contributed by atoms with Gasteiger partial charge in [-0.05, 0) is 50.0 Å². The first-order valence-corrected chi connectivity index (χ1v) is 8.70. The fraction of sp³-hybridized carbons (Fsp3) is 0.471. The maximum atomic E-state index is 12.7. The van der Waals surface area contributed by atoms with E-state index in [9.17, 15) is 4.79 Å². The zero-order valence-electron chi connectivity index (χ0n) is 14.3. The van der Waals surface area contributed by atoms with Crippen molar-refractivity contribution in [2.75, 3.05) is 13.1 Å². The summed E-state index contributed by atoms with van der Waals surface area (Å²) in [6.07, 6.45) is 1.58. The molecule has 0 bridgehead atoms. The first kappa shape index (κ1) is 19.7. The molecule has 2 unspecified atom stereocenters. The minimum atomic E-state index is -0.154. The highest BCUT2D eigenvalue weighted by atomic mass is 35.5. The van der Waals surface area contributed by atoms with Crippen LogP contribution in [0.4, 0.5) is 0 Å². The summed E-state index contributed by atoms with van der Waals surface area (Å²) in [5.74, 6) is 0.245. The number of benzene rings is 1. The van der Waals surface area contributed by atoms with Crippen molar-refractivity contribution in [2.45, 2.75) is 32.7 Å². The molecule has 1 aliphatic heterocycles. The lowest BCUT2D eigenvalue weighted by atomic mass is 9.95. The summed E-state index contributed by atoms with van der Waals surface area (Å²) in [5.41, 5.74) is 1.99. The Hall–Kier alpha value is -1.63.